The molecule has 2 N–H and O–H groups in total. The molecule has 2 fully saturated rings. The molecule has 1 aromatic rings. The average Bonchev–Trinajstić information content (AvgIpc) is 3.24. The monoisotopic (exact) mass is 290 g/mol. The molecule has 3 rings (SSSR count). The van der Waals surface area contributed by atoms with Crippen LogP contribution in [0.5, 0.6) is 0 Å². The van der Waals surface area contributed by atoms with Crippen LogP contribution in [-0.4, -0.2) is 48.5 Å². The third-order valence-electron chi connectivity index (χ3n) is 4.59. The Kier molecular flexibility index (Phi) is 4.48. The first-order valence-corrected chi connectivity index (χ1v) is 8.06. The molecule has 2 aliphatic rings. The fourth-order valence-electron chi connectivity index (χ4n) is 3.04. The van der Waals surface area contributed by atoms with E-state index < -0.39 is 0 Å². The highest BCUT2D eigenvalue weighted by Crippen LogP contribution is 2.27. The van der Waals surface area contributed by atoms with Crippen molar-refractivity contribution in [2.45, 2.75) is 44.2 Å². The molecule has 1 aliphatic carbocycles. The molecule has 1 unspecified atom stereocenters. The van der Waals surface area contributed by atoms with Crippen LogP contribution >= 0.6 is 0 Å². The molecule has 5 nitrogen and oxygen atoms in total. The largest absolute Gasteiger partial charge is 0.468 e. The van der Waals surface area contributed by atoms with Crippen LogP contribution in [-0.2, 0) is 0 Å². The Morgan fingerprint density at radius 1 is 1.43 bits per heavy atom. The Labute approximate surface area is 126 Å². The number of aliphatic imine (C=N–C) groups is 1. The summed E-state index contributed by atoms with van der Waals surface area (Å²) in [6.07, 6.45) is 8.07. The van der Waals surface area contributed by atoms with Crippen LogP contribution in [0, 0.1) is 0 Å². The second-order valence-corrected chi connectivity index (χ2v) is 6.17. The lowest BCUT2D eigenvalue weighted by Crippen LogP contribution is -2.38. The maximum Gasteiger partial charge on any atom is 0.191 e. The van der Waals surface area contributed by atoms with Gasteiger partial charge in [-0.15, -0.1) is 0 Å². The van der Waals surface area contributed by atoms with Crippen molar-refractivity contribution in [2.75, 3.05) is 26.7 Å². The van der Waals surface area contributed by atoms with E-state index in [1.807, 2.05) is 13.1 Å². The van der Waals surface area contributed by atoms with Crippen LogP contribution in [0.1, 0.15) is 43.9 Å². The fourth-order valence-corrected chi connectivity index (χ4v) is 3.04. The van der Waals surface area contributed by atoms with Crippen LogP contribution in [0.15, 0.2) is 27.8 Å². The van der Waals surface area contributed by atoms with E-state index in [1.54, 1.807) is 6.26 Å². The molecule has 1 saturated heterocycles. The van der Waals surface area contributed by atoms with Crippen molar-refractivity contribution in [3.8, 4) is 0 Å². The van der Waals surface area contributed by atoms with Crippen LogP contribution in [0.3, 0.4) is 0 Å². The molecule has 0 aromatic carbocycles. The number of hydrogen-bond donors (Lipinski definition) is 1. The van der Waals surface area contributed by atoms with Crippen molar-refractivity contribution in [1.82, 2.24) is 9.80 Å². The molecule has 1 aliphatic heterocycles. The van der Waals surface area contributed by atoms with Crippen molar-refractivity contribution >= 4 is 5.96 Å². The predicted molar refractivity (Wildman–Crippen MR) is 84.1 cm³/mol. The Morgan fingerprint density at radius 2 is 2.19 bits per heavy atom. The lowest BCUT2D eigenvalue weighted by atomic mass is 10.1. The zero-order chi connectivity index (χ0) is 14.7. The molecule has 1 atom stereocenters. The number of rotatable bonds is 5. The van der Waals surface area contributed by atoms with Gasteiger partial charge in [0.05, 0.1) is 18.8 Å². The minimum Gasteiger partial charge on any atom is -0.468 e. The standard InChI is InChI=1S/C16H26N4O/c1-19(13-7-8-13)16(17)18-12-14(15-6-5-11-21-15)20-9-3-2-4-10-20/h5-6,11,13-14H,2-4,7-10,12H2,1H3,(H2,17,18). The van der Waals surface area contributed by atoms with Crippen molar-refractivity contribution < 1.29 is 4.42 Å². The Bertz CT molecular complexity index is 461. The van der Waals surface area contributed by atoms with Crippen molar-refractivity contribution in [1.29, 1.82) is 0 Å². The van der Waals surface area contributed by atoms with E-state index in [0.29, 0.717) is 18.5 Å². The number of furan rings is 1. The van der Waals surface area contributed by atoms with Crippen LogP contribution in [0.4, 0.5) is 0 Å². The van der Waals surface area contributed by atoms with Gasteiger partial charge in [-0.25, -0.2) is 0 Å². The number of piperidine rings is 1. The lowest BCUT2D eigenvalue weighted by molar-refractivity contribution is 0.150. The molecule has 21 heavy (non-hydrogen) atoms. The Hall–Kier alpha value is -1.49. The normalized spacial score (nSPS) is 22.2. The highest BCUT2D eigenvalue weighted by atomic mass is 16.3. The van der Waals surface area contributed by atoms with E-state index in [4.69, 9.17) is 10.2 Å². The zero-order valence-electron chi connectivity index (χ0n) is 12.9. The number of guanidine groups is 1. The molecular formula is C16H26N4O. The quantitative estimate of drug-likeness (QED) is 0.667. The first-order chi connectivity index (χ1) is 10.3. The summed E-state index contributed by atoms with van der Waals surface area (Å²) >= 11 is 0. The molecular weight excluding hydrogens is 264 g/mol. The lowest BCUT2D eigenvalue weighted by Gasteiger charge is -2.32. The van der Waals surface area contributed by atoms with Gasteiger partial charge < -0.3 is 15.1 Å². The number of hydrogen-bond acceptors (Lipinski definition) is 3. The molecule has 0 bridgehead atoms. The molecule has 1 aromatic heterocycles. The Balaban J connectivity index is 1.68. The Morgan fingerprint density at radius 3 is 2.81 bits per heavy atom. The number of nitrogens with zero attached hydrogens (tertiary/aromatic N) is 3. The summed E-state index contributed by atoms with van der Waals surface area (Å²) in [6.45, 7) is 2.93. The molecule has 116 valence electrons. The van der Waals surface area contributed by atoms with Gasteiger partial charge in [-0.05, 0) is 50.9 Å². The van der Waals surface area contributed by atoms with Crippen molar-refractivity contribution in [3.05, 3.63) is 24.2 Å². The first kappa shape index (κ1) is 14.4. The topological polar surface area (TPSA) is 58.0 Å². The average molecular weight is 290 g/mol. The molecule has 0 spiro atoms. The second-order valence-electron chi connectivity index (χ2n) is 6.17. The SMILES string of the molecule is CN(C(N)=NCC(c1ccco1)N1CCCCC1)C1CC1. The van der Waals surface area contributed by atoms with E-state index in [9.17, 15) is 0 Å². The summed E-state index contributed by atoms with van der Waals surface area (Å²) in [5.41, 5.74) is 6.12. The summed E-state index contributed by atoms with van der Waals surface area (Å²) in [7, 11) is 2.04. The highest BCUT2D eigenvalue weighted by Gasteiger charge is 2.28. The predicted octanol–water partition coefficient (Wildman–Crippen LogP) is 2.22. The van der Waals surface area contributed by atoms with Crippen LogP contribution in [0.2, 0.25) is 0 Å². The van der Waals surface area contributed by atoms with Gasteiger partial charge in [-0.2, -0.15) is 0 Å². The summed E-state index contributed by atoms with van der Waals surface area (Å²) in [4.78, 5) is 9.22. The smallest absolute Gasteiger partial charge is 0.191 e. The van der Waals surface area contributed by atoms with Gasteiger partial charge in [0, 0.05) is 13.1 Å². The molecule has 0 radical (unpaired) electrons. The van der Waals surface area contributed by atoms with E-state index in [0.717, 1.165) is 18.8 Å². The third kappa shape index (κ3) is 3.59. The van der Waals surface area contributed by atoms with Crippen LogP contribution < -0.4 is 5.73 Å². The molecule has 0 amide bonds. The van der Waals surface area contributed by atoms with Crippen molar-refractivity contribution in [2.24, 2.45) is 10.7 Å². The summed E-state index contributed by atoms with van der Waals surface area (Å²) < 4.78 is 5.64. The maximum atomic E-state index is 6.12. The fraction of sp³-hybridized carbons (Fsp3) is 0.688. The minimum absolute atomic E-state index is 0.214. The summed E-state index contributed by atoms with van der Waals surface area (Å²) in [6, 6.07) is 4.82. The number of nitrogens with two attached hydrogens (primary N) is 1. The highest BCUT2D eigenvalue weighted by molar-refractivity contribution is 5.78. The van der Waals surface area contributed by atoms with Gasteiger partial charge in [0.1, 0.15) is 5.76 Å². The molecule has 2 heterocycles. The van der Waals surface area contributed by atoms with Gasteiger partial charge in [0.15, 0.2) is 5.96 Å². The van der Waals surface area contributed by atoms with Gasteiger partial charge in [0.25, 0.3) is 0 Å². The van der Waals surface area contributed by atoms with E-state index in [2.05, 4.69) is 20.9 Å². The van der Waals surface area contributed by atoms with Crippen molar-refractivity contribution in [3.63, 3.8) is 0 Å². The third-order valence-corrected chi connectivity index (χ3v) is 4.59. The van der Waals surface area contributed by atoms with E-state index in [-0.39, 0.29) is 6.04 Å². The van der Waals surface area contributed by atoms with Gasteiger partial charge >= 0.3 is 0 Å². The van der Waals surface area contributed by atoms with E-state index in [1.165, 1.54) is 32.1 Å². The zero-order valence-corrected chi connectivity index (χ0v) is 12.9. The minimum atomic E-state index is 0.214. The first-order valence-electron chi connectivity index (χ1n) is 8.06. The number of likely N-dealkylation sites (tertiary alicyclic amines) is 1. The van der Waals surface area contributed by atoms with Gasteiger partial charge in [-0.3, -0.25) is 9.89 Å². The molecule has 5 heteroatoms. The van der Waals surface area contributed by atoms with Gasteiger partial charge in [-0.1, -0.05) is 6.42 Å². The van der Waals surface area contributed by atoms with E-state index >= 15 is 0 Å². The maximum absolute atomic E-state index is 6.12. The second kappa shape index (κ2) is 6.52. The summed E-state index contributed by atoms with van der Waals surface area (Å²) in [5.74, 6) is 1.66. The molecule has 1 saturated carbocycles. The summed E-state index contributed by atoms with van der Waals surface area (Å²) in [5, 5.41) is 0. The van der Waals surface area contributed by atoms with Crippen LogP contribution in [0.25, 0.3) is 0 Å². The van der Waals surface area contributed by atoms with Gasteiger partial charge in [0.2, 0.25) is 0 Å².